The molecular formula is C12H11N3O. The van der Waals surface area contributed by atoms with E-state index >= 15 is 0 Å². The van der Waals surface area contributed by atoms with Crippen LogP contribution in [0.4, 0.5) is 5.69 Å². The molecule has 0 aliphatic heterocycles. The zero-order valence-corrected chi connectivity index (χ0v) is 9.11. The molecule has 1 amide bonds. The van der Waals surface area contributed by atoms with Gasteiger partial charge in [-0.3, -0.25) is 4.79 Å². The number of amides is 1. The number of nitriles is 2. The van der Waals surface area contributed by atoms with Gasteiger partial charge in [-0.15, -0.1) is 0 Å². The van der Waals surface area contributed by atoms with Crippen molar-refractivity contribution in [2.24, 2.45) is 5.41 Å². The van der Waals surface area contributed by atoms with Gasteiger partial charge in [0.25, 0.3) is 0 Å². The van der Waals surface area contributed by atoms with E-state index in [4.69, 9.17) is 10.5 Å². The molecule has 0 aliphatic rings. The second-order valence-corrected chi connectivity index (χ2v) is 3.88. The monoisotopic (exact) mass is 213 g/mol. The SMILES string of the molecule is CC(C)(C#N)C(=O)Nc1ccc(C#N)cc1. The van der Waals surface area contributed by atoms with Crippen LogP contribution in [-0.2, 0) is 4.79 Å². The molecule has 4 nitrogen and oxygen atoms in total. The van der Waals surface area contributed by atoms with E-state index in [1.165, 1.54) is 0 Å². The maximum Gasteiger partial charge on any atom is 0.244 e. The molecule has 1 rings (SSSR count). The number of hydrogen-bond donors (Lipinski definition) is 1. The molecule has 0 aliphatic carbocycles. The van der Waals surface area contributed by atoms with Gasteiger partial charge in [0, 0.05) is 5.69 Å². The number of benzene rings is 1. The molecular weight excluding hydrogens is 202 g/mol. The van der Waals surface area contributed by atoms with E-state index in [1.54, 1.807) is 38.1 Å². The number of hydrogen-bond acceptors (Lipinski definition) is 3. The summed E-state index contributed by atoms with van der Waals surface area (Å²) in [6, 6.07) is 10.4. The van der Waals surface area contributed by atoms with Crippen molar-refractivity contribution < 1.29 is 4.79 Å². The molecule has 0 radical (unpaired) electrons. The van der Waals surface area contributed by atoms with Crippen LogP contribution < -0.4 is 5.32 Å². The molecule has 0 unspecified atom stereocenters. The van der Waals surface area contributed by atoms with Crippen LogP contribution in [0.5, 0.6) is 0 Å². The Morgan fingerprint density at radius 2 is 1.81 bits per heavy atom. The Morgan fingerprint density at radius 3 is 2.25 bits per heavy atom. The van der Waals surface area contributed by atoms with Crippen molar-refractivity contribution in [3.8, 4) is 12.1 Å². The topological polar surface area (TPSA) is 76.7 Å². The highest BCUT2D eigenvalue weighted by molar-refractivity contribution is 5.96. The Kier molecular flexibility index (Phi) is 3.27. The lowest BCUT2D eigenvalue weighted by Gasteiger charge is -2.14. The Hall–Kier alpha value is -2.33. The summed E-state index contributed by atoms with van der Waals surface area (Å²) in [5, 5.41) is 20.0. The van der Waals surface area contributed by atoms with Crippen LogP contribution >= 0.6 is 0 Å². The van der Waals surface area contributed by atoms with Gasteiger partial charge in [-0.25, -0.2) is 0 Å². The second kappa shape index (κ2) is 4.46. The molecule has 16 heavy (non-hydrogen) atoms. The lowest BCUT2D eigenvalue weighted by atomic mass is 9.94. The molecule has 0 aromatic heterocycles. The quantitative estimate of drug-likeness (QED) is 0.816. The number of nitrogens with zero attached hydrogens (tertiary/aromatic N) is 2. The fraction of sp³-hybridized carbons (Fsp3) is 0.250. The third-order valence-corrected chi connectivity index (χ3v) is 2.12. The van der Waals surface area contributed by atoms with E-state index in [0.29, 0.717) is 11.3 Å². The molecule has 1 aromatic rings. The van der Waals surface area contributed by atoms with Gasteiger partial charge in [-0.05, 0) is 38.1 Å². The molecule has 0 atom stereocenters. The maximum absolute atomic E-state index is 11.6. The van der Waals surface area contributed by atoms with Gasteiger partial charge in [-0.1, -0.05) is 0 Å². The fourth-order valence-corrected chi connectivity index (χ4v) is 0.966. The van der Waals surface area contributed by atoms with E-state index < -0.39 is 5.41 Å². The predicted molar refractivity (Wildman–Crippen MR) is 59.2 cm³/mol. The van der Waals surface area contributed by atoms with E-state index in [1.807, 2.05) is 12.1 Å². The van der Waals surface area contributed by atoms with E-state index in [0.717, 1.165) is 0 Å². The molecule has 0 saturated carbocycles. The summed E-state index contributed by atoms with van der Waals surface area (Å²) in [7, 11) is 0. The fourth-order valence-electron chi connectivity index (χ4n) is 0.966. The highest BCUT2D eigenvalue weighted by Gasteiger charge is 2.27. The Labute approximate surface area is 94.1 Å². The van der Waals surface area contributed by atoms with Crippen LogP contribution in [0.25, 0.3) is 0 Å². The molecule has 0 heterocycles. The van der Waals surface area contributed by atoms with Crippen molar-refractivity contribution >= 4 is 11.6 Å². The van der Waals surface area contributed by atoms with E-state index in [2.05, 4.69) is 5.32 Å². The van der Waals surface area contributed by atoms with Crippen LogP contribution in [0.2, 0.25) is 0 Å². The van der Waals surface area contributed by atoms with Crippen LogP contribution in [0.3, 0.4) is 0 Å². The summed E-state index contributed by atoms with van der Waals surface area (Å²) in [6.45, 7) is 3.10. The van der Waals surface area contributed by atoms with Crippen molar-refractivity contribution in [2.45, 2.75) is 13.8 Å². The third-order valence-electron chi connectivity index (χ3n) is 2.12. The highest BCUT2D eigenvalue weighted by Crippen LogP contribution is 2.17. The first-order valence-corrected chi connectivity index (χ1v) is 4.72. The summed E-state index contributed by atoms with van der Waals surface area (Å²) >= 11 is 0. The molecule has 1 aromatic carbocycles. The standard InChI is InChI=1S/C12H11N3O/c1-12(2,8-14)11(16)15-10-5-3-9(7-13)4-6-10/h3-6H,1-2H3,(H,15,16). The number of carbonyl (C=O) groups is 1. The van der Waals surface area contributed by atoms with E-state index in [9.17, 15) is 4.79 Å². The first-order chi connectivity index (χ1) is 7.49. The largest absolute Gasteiger partial charge is 0.325 e. The molecule has 4 heteroatoms. The second-order valence-electron chi connectivity index (χ2n) is 3.88. The smallest absolute Gasteiger partial charge is 0.244 e. The summed E-state index contributed by atoms with van der Waals surface area (Å²) in [5.74, 6) is -0.361. The van der Waals surface area contributed by atoms with Gasteiger partial charge in [0.05, 0.1) is 17.7 Å². The first-order valence-electron chi connectivity index (χ1n) is 4.72. The molecule has 80 valence electrons. The van der Waals surface area contributed by atoms with Crippen molar-refractivity contribution in [3.63, 3.8) is 0 Å². The minimum atomic E-state index is -1.06. The van der Waals surface area contributed by atoms with Crippen molar-refractivity contribution in [1.29, 1.82) is 10.5 Å². The third kappa shape index (κ3) is 2.59. The van der Waals surface area contributed by atoms with Crippen molar-refractivity contribution in [2.75, 3.05) is 5.32 Å². The number of carbonyl (C=O) groups excluding carboxylic acids is 1. The van der Waals surface area contributed by atoms with Gasteiger partial charge in [0.1, 0.15) is 5.41 Å². The van der Waals surface area contributed by atoms with Crippen LogP contribution in [0.1, 0.15) is 19.4 Å². The Bertz CT molecular complexity index is 474. The van der Waals surface area contributed by atoms with Gasteiger partial charge in [-0.2, -0.15) is 10.5 Å². The Morgan fingerprint density at radius 1 is 1.25 bits per heavy atom. The van der Waals surface area contributed by atoms with Gasteiger partial charge in [0.2, 0.25) is 5.91 Å². The lowest BCUT2D eigenvalue weighted by molar-refractivity contribution is -0.121. The van der Waals surface area contributed by atoms with Crippen LogP contribution in [0.15, 0.2) is 24.3 Å². The van der Waals surface area contributed by atoms with E-state index in [-0.39, 0.29) is 5.91 Å². The highest BCUT2D eigenvalue weighted by atomic mass is 16.2. The number of nitrogens with one attached hydrogen (secondary N) is 1. The number of anilines is 1. The molecule has 0 bridgehead atoms. The minimum Gasteiger partial charge on any atom is -0.325 e. The predicted octanol–water partition coefficient (Wildman–Crippen LogP) is 2.05. The average Bonchev–Trinajstić information content (AvgIpc) is 2.30. The number of rotatable bonds is 2. The van der Waals surface area contributed by atoms with Crippen LogP contribution in [0, 0.1) is 28.1 Å². The molecule has 0 fully saturated rings. The summed E-state index contributed by atoms with van der Waals surface area (Å²) in [4.78, 5) is 11.6. The molecule has 0 spiro atoms. The van der Waals surface area contributed by atoms with Gasteiger partial charge >= 0.3 is 0 Å². The van der Waals surface area contributed by atoms with Crippen LogP contribution in [-0.4, -0.2) is 5.91 Å². The summed E-state index contributed by atoms with van der Waals surface area (Å²) < 4.78 is 0. The zero-order chi connectivity index (χ0) is 12.2. The maximum atomic E-state index is 11.6. The zero-order valence-electron chi connectivity index (χ0n) is 9.11. The minimum absolute atomic E-state index is 0.361. The van der Waals surface area contributed by atoms with Gasteiger partial charge < -0.3 is 5.32 Å². The average molecular weight is 213 g/mol. The van der Waals surface area contributed by atoms with Crippen molar-refractivity contribution in [1.82, 2.24) is 0 Å². The molecule has 1 N–H and O–H groups in total. The first kappa shape index (κ1) is 11.7. The van der Waals surface area contributed by atoms with Gasteiger partial charge in [0.15, 0.2) is 0 Å². The summed E-state index contributed by atoms with van der Waals surface area (Å²) in [6.07, 6.45) is 0. The molecule has 0 saturated heterocycles. The lowest BCUT2D eigenvalue weighted by Crippen LogP contribution is -2.29. The Balaban J connectivity index is 2.80. The summed E-state index contributed by atoms with van der Waals surface area (Å²) in [5.41, 5.74) is 0.0401. The van der Waals surface area contributed by atoms with Crippen molar-refractivity contribution in [3.05, 3.63) is 29.8 Å². The normalized spacial score (nSPS) is 10.0.